The van der Waals surface area contributed by atoms with Crippen molar-refractivity contribution in [2.45, 2.75) is 11.4 Å². The SMILES string of the molecule is CN(Cc1ccc(F)c(F)c1)C(=O)c1ccc(NS(=O)(=O)c2ccc(F)cc2)cc1. The zero-order valence-corrected chi connectivity index (χ0v) is 16.6. The minimum atomic E-state index is -3.91. The average molecular weight is 434 g/mol. The first-order valence-electron chi connectivity index (χ1n) is 8.73. The topological polar surface area (TPSA) is 66.5 Å². The maximum Gasteiger partial charge on any atom is 0.261 e. The molecule has 0 aromatic heterocycles. The maximum atomic E-state index is 13.3. The highest BCUT2D eigenvalue weighted by Gasteiger charge is 2.16. The molecule has 0 saturated heterocycles. The van der Waals surface area contributed by atoms with Crippen molar-refractivity contribution in [2.24, 2.45) is 0 Å². The van der Waals surface area contributed by atoms with E-state index < -0.39 is 27.5 Å². The number of carbonyl (C=O) groups excluding carboxylic acids is 1. The smallest absolute Gasteiger partial charge is 0.261 e. The third-order valence-corrected chi connectivity index (χ3v) is 5.66. The van der Waals surface area contributed by atoms with E-state index in [4.69, 9.17) is 0 Å². The van der Waals surface area contributed by atoms with E-state index >= 15 is 0 Å². The Bertz CT molecular complexity index is 1170. The fourth-order valence-corrected chi connectivity index (χ4v) is 3.77. The summed E-state index contributed by atoms with van der Waals surface area (Å²) in [7, 11) is -2.40. The second-order valence-corrected chi connectivity index (χ2v) is 8.23. The molecule has 0 saturated carbocycles. The summed E-state index contributed by atoms with van der Waals surface area (Å²) >= 11 is 0. The lowest BCUT2D eigenvalue weighted by Gasteiger charge is -2.18. The van der Waals surface area contributed by atoms with Crippen LogP contribution in [0.4, 0.5) is 18.9 Å². The number of amides is 1. The fourth-order valence-electron chi connectivity index (χ4n) is 2.71. The summed E-state index contributed by atoms with van der Waals surface area (Å²) in [6.45, 7) is 0.0645. The molecule has 0 heterocycles. The highest BCUT2D eigenvalue weighted by molar-refractivity contribution is 7.92. The van der Waals surface area contributed by atoms with Gasteiger partial charge in [-0.2, -0.15) is 0 Å². The standard InChI is InChI=1S/C21H17F3N2O3S/c1-26(13-14-2-11-19(23)20(24)12-14)21(27)15-3-7-17(8-4-15)25-30(28,29)18-9-5-16(22)6-10-18/h2-12,25H,13H2,1H3. The molecule has 0 spiro atoms. The molecule has 1 amide bonds. The summed E-state index contributed by atoms with van der Waals surface area (Å²) in [4.78, 5) is 13.8. The van der Waals surface area contributed by atoms with Crippen LogP contribution in [0, 0.1) is 17.5 Å². The number of nitrogens with one attached hydrogen (secondary N) is 1. The van der Waals surface area contributed by atoms with Gasteiger partial charge in [-0.05, 0) is 66.2 Å². The highest BCUT2D eigenvalue weighted by atomic mass is 32.2. The normalized spacial score (nSPS) is 11.2. The highest BCUT2D eigenvalue weighted by Crippen LogP contribution is 2.18. The van der Waals surface area contributed by atoms with Gasteiger partial charge in [0, 0.05) is 24.8 Å². The van der Waals surface area contributed by atoms with E-state index in [1.54, 1.807) is 0 Å². The van der Waals surface area contributed by atoms with Crippen LogP contribution in [0.2, 0.25) is 0 Å². The van der Waals surface area contributed by atoms with Crippen molar-refractivity contribution >= 4 is 21.6 Å². The van der Waals surface area contributed by atoms with Crippen LogP contribution < -0.4 is 4.72 Å². The molecule has 0 radical (unpaired) electrons. The first kappa shape index (κ1) is 21.4. The van der Waals surface area contributed by atoms with Crippen molar-refractivity contribution in [3.63, 3.8) is 0 Å². The predicted molar refractivity (Wildman–Crippen MR) is 106 cm³/mol. The van der Waals surface area contributed by atoms with Gasteiger partial charge in [-0.15, -0.1) is 0 Å². The molecule has 0 fully saturated rings. The van der Waals surface area contributed by atoms with Crippen LogP contribution in [0.3, 0.4) is 0 Å². The van der Waals surface area contributed by atoms with Gasteiger partial charge in [0.05, 0.1) is 4.90 Å². The van der Waals surface area contributed by atoms with Gasteiger partial charge in [0.25, 0.3) is 15.9 Å². The van der Waals surface area contributed by atoms with Crippen molar-refractivity contribution in [3.8, 4) is 0 Å². The molecule has 9 heteroatoms. The van der Waals surface area contributed by atoms with Crippen LogP contribution in [0.15, 0.2) is 71.6 Å². The Labute approximate surface area is 171 Å². The van der Waals surface area contributed by atoms with Crippen LogP contribution in [0.1, 0.15) is 15.9 Å². The first-order chi connectivity index (χ1) is 14.2. The molecule has 156 valence electrons. The Morgan fingerprint density at radius 2 is 1.53 bits per heavy atom. The van der Waals surface area contributed by atoms with E-state index in [1.165, 1.54) is 42.3 Å². The molecule has 0 aliphatic heterocycles. The number of sulfonamides is 1. The fraction of sp³-hybridized carbons (Fsp3) is 0.0952. The number of rotatable bonds is 6. The van der Waals surface area contributed by atoms with Crippen LogP contribution in [0.25, 0.3) is 0 Å². The second-order valence-electron chi connectivity index (χ2n) is 6.55. The summed E-state index contributed by atoms with van der Waals surface area (Å²) in [5, 5.41) is 0. The van der Waals surface area contributed by atoms with Crippen molar-refractivity contribution in [3.05, 3.63) is 95.3 Å². The Morgan fingerprint density at radius 1 is 0.900 bits per heavy atom. The monoisotopic (exact) mass is 434 g/mol. The molecule has 30 heavy (non-hydrogen) atoms. The lowest BCUT2D eigenvalue weighted by atomic mass is 10.1. The Hall–Kier alpha value is -3.33. The molecule has 3 aromatic rings. The number of nitrogens with zero attached hydrogens (tertiary/aromatic N) is 1. The predicted octanol–water partition coefficient (Wildman–Crippen LogP) is 4.18. The van der Waals surface area contributed by atoms with E-state index in [9.17, 15) is 26.4 Å². The van der Waals surface area contributed by atoms with Gasteiger partial charge >= 0.3 is 0 Å². The Balaban J connectivity index is 1.69. The van der Waals surface area contributed by atoms with Gasteiger partial charge in [0.2, 0.25) is 0 Å². The maximum absolute atomic E-state index is 13.3. The average Bonchev–Trinajstić information content (AvgIpc) is 2.71. The van der Waals surface area contributed by atoms with Gasteiger partial charge in [-0.1, -0.05) is 6.07 Å². The minimum Gasteiger partial charge on any atom is -0.337 e. The minimum absolute atomic E-state index is 0.0645. The molecule has 1 N–H and O–H groups in total. The third-order valence-electron chi connectivity index (χ3n) is 4.26. The molecular weight excluding hydrogens is 417 g/mol. The number of benzene rings is 3. The zero-order chi connectivity index (χ0) is 21.9. The quantitative estimate of drug-likeness (QED) is 0.633. The zero-order valence-electron chi connectivity index (χ0n) is 15.8. The van der Waals surface area contributed by atoms with E-state index in [2.05, 4.69) is 4.72 Å². The van der Waals surface area contributed by atoms with Crippen molar-refractivity contribution < 1.29 is 26.4 Å². The van der Waals surface area contributed by atoms with Gasteiger partial charge in [0.1, 0.15) is 5.82 Å². The van der Waals surface area contributed by atoms with Gasteiger partial charge in [-0.25, -0.2) is 21.6 Å². The molecule has 3 aromatic carbocycles. The van der Waals surface area contributed by atoms with E-state index in [0.717, 1.165) is 36.4 Å². The van der Waals surface area contributed by atoms with Crippen LogP contribution in [-0.4, -0.2) is 26.3 Å². The van der Waals surface area contributed by atoms with Crippen LogP contribution >= 0.6 is 0 Å². The lowest BCUT2D eigenvalue weighted by molar-refractivity contribution is 0.0785. The summed E-state index contributed by atoms with van der Waals surface area (Å²) < 4.78 is 66.3. The number of carbonyl (C=O) groups is 1. The number of halogens is 3. The van der Waals surface area contributed by atoms with Gasteiger partial charge in [-0.3, -0.25) is 9.52 Å². The Kier molecular flexibility index (Phi) is 6.12. The Morgan fingerprint density at radius 3 is 2.13 bits per heavy atom. The lowest BCUT2D eigenvalue weighted by Crippen LogP contribution is -2.26. The number of anilines is 1. The number of hydrogen-bond donors (Lipinski definition) is 1. The molecule has 3 rings (SSSR count). The summed E-state index contributed by atoms with van der Waals surface area (Å²) in [6, 6.07) is 13.5. The molecule has 5 nitrogen and oxygen atoms in total. The molecule has 0 bridgehead atoms. The number of hydrogen-bond acceptors (Lipinski definition) is 3. The second kappa shape index (κ2) is 8.58. The third kappa shape index (κ3) is 4.98. The molecule has 0 unspecified atom stereocenters. The first-order valence-corrected chi connectivity index (χ1v) is 10.2. The van der Waals surface area contributed by atoms with Crippen molar-refractivity contribution in [1.82, 2.24) is 4.90 Å². The summed E-state index contributed by atoms with van der Waals surface area (Å²) in [5.41, 5.74) is 0.928. The van der Waals surface area contributed by atoms with Crippen LogP contribution in [0.5, 0.6) is 0 Å². The van der Waals surface area contributed by atoms with E-state index in [1.807, 2.05) is 0 Å². The molecule has 0 aliphatic rings. The van der Waals surface area contributed by atoms with Gasteiger partial charge in [0.15, 0.2) is 11.6 Å². The van der Waals surface area contributed by atoms with Crippen LogP contribution in [-0.2, 0) is 16.6 Å². The molecule has 0 atom stereocenters. The molecular formula is C21H17F3N2O3S. The van der Waals surface area contributed by atoms with Crippen molar-refractivity contribution in [2.75, 3.05) is 11.8 Å². The summed E-state index contributed by atoms with van der Waals surface area (Å²) in [5.74, 6) is -2.89. The molecule has 0 aliphatic carbocycles. The van der Waals surface area contributed by atoms with E-state index in [0.29, 0.717) is 5.56 Å². The van der Waals surface area contributed by atoms with Gasteiger partial charge < -0.3 is 4.90 Å². The largest absolute Gasteiger partial charge is 0.337 e. The van der Waals surface area contributed by atoms with Crippen molar-refractivity contribution in [1.29, 1.82) is 0 Å². The summed E-state index contributed by atoms with van der Waals surface area (Å²) in [6.07, 6.45) is 0. The van der Waals surface area contributed by atoms with E-state index in [-0.39, 0.29) is 28.6 Å².